The molecule has 8 heteroatoms. The van der Waals surface area contributed by atoms with E-state index in [-0.39, 0.29) is 27.9 Å². The first-order valence-electron chi connectivity index (χ1n) is 9.14. The summed E-state index contributed by atoms with van der Waals surface area (Å²) < 4.78 is 25.3. The number of benzene rings is 3. The summed E-state index contributed by atoms with van der Waals surface area (Å²) in [6.07, 6.45) is 0.0268. The lowest BCUT2D eigenvalue weighted by molar-refractivity contribution is 0.175. The van der Waals surface area contributed by atoms with Gasteiger partial charge >= 0.3 is 0 Å². The van der Waals surface area contributed by atoms with Crippen molar-refractivity contribution >= 4 is 33.8 Å². The van der Waals surface area contributed by atoms with E-state index in [1.807, 2.05) is 6.07 Å². The zero-order valence-electron chi connectivity index (χ0n) is 16.0. The molecule has 0 aliphatic carbocycles. The van der Waals surface area contributed by atoms with Crippen LogP contribution in [0.25, 0.3) is 0 Å². The van der Waals surface area contributed by atoms with Crippen LogP contribution in [0.4, 0.5) is 0 Å². The molecule has 3 aromatic carbocycles. The Morgan fingerprint density at radius 3 is 2.33 bits per heavy atom. The number of aliphatic hydroxyl groups excluding tert-OH is 1. The molecule has 0 aromatic heterocycles. The number of hydrogen-bond donors (Lipinski definition) is 3. The molecule has 0 spiro atoms. The minimum absolute atomic E-state index is 0. The molecule has 0 aliphatic rings. The summed E-state index contributed by atoms with van der Waals surface area (Å²) in [4.78, 5) is 0.0245. The van der Waals surface area contributed by atoms with Crippen LogP contribution in [0.5, 0.6) is 5.75 Å². The van der Waals surface area contributed by atoms with Crippen molar-refractivity contribution < 1.29 is 18.6 Å². The fourth-order valence-corrected chi connectivity index (χ4v) is 4.50. The Bertz CT molecular complexity index is 1070. The van der Waals surface area contributed by atoms with Gasteiger partial charge in [0.15, 0.2) is 0 Å². The Labute approximate surface area is 187 Å². The third-order valence-corrected chi connectivity index (χ3v) is 6.60. The molecule has 30 heavy (non-hydrogen) atoms. The van der Waals surface area contributed by atoms with E-state index in [0.717, 1.165) is 11.1 Å². The van der Waals surface area contributed by atoms with Crippen molar-refractivity contribution in [3.05, 3.63) is 88.9 Å². The van der Waals surface area contributed by atoms with Crippen LogP contribution in [0.1, 0.15) is 17.2 Å². The Balaban J connectivity index is 0.00000320. The Morgan fingerprint density at radius 1 is 0.967 bits per heavy atom. The van der Waals surface area contributed by atoms with Crippen molar-refractivity contribution in [3.63, 3.8) is 0 Å². The third kappa shape index (κ3) is 5.97. The third-order valence-electron chi connectivity index (χ3n) is 4.55. The van der Waals surface area contributed by atoms with E-state index >= 15 is 0 Å². The van der Waals surface area contributed by atoms with E-state index < -0.39 is 15.9 Å². The summed E-state index contributed by atoms with van der Waals surface area (Å²) in [5.41, 5.74) is 1.72. The molecule has 0 saturated carbocycles. The molecule has 1 atom stereocenters. The summed E-state index contributed by atoms with van der Waals surface area (Å²) in [5.74, 6) is -0.265. The van der Waals surface area contributed by atoms with Crippen molar-refractivity contribution in [1.29, 1.82) is 0 Å². The Kier molecular flexibility index (Phi) is 8.70. The maximum atomic E-state index is 12.7. The van der Waals surface area contributed by atoms with Gasteiger partial charge in [0, 0.05) is 11.6 Å². The number of phenols is 1. The SMILES string of the molecule is Cl.O=S(=O)(c1ccc(CCNC[C@@H](O)c2cccc(Cl)c2)cc1)c1ccccc1O. The average Bonchev–Trinajstić information content (AvgIpc) is 2.71. The molecule has 160 valence electrons. The van der Waals surface area contributed by atoms with E-state index in [2.05, 4.69) is 5.32 Å². The zero-order chi connectivity index (χ0) is 20.9. The summed E-state index contributed by atoms with van der Waals surface area (Å²) in [6.45, 7) is 1.02. The number of aliphatic hydroxyl groups is 1. The van der Waals surface area contributed by atoms with Crippen molar-refractivity contribution in [2.75, 3.05) is 13.1 Å². The standard InChI is InChI=1S/C22H22ClNO4S.ClH/c23-18-5-3-4-17(14-18)21(26)15-24-13-12-16-8-10-19(11-9-16)29(27,28)22-7-2-1-6-20(22)25;/h1-11,14,21,24-26H,12-13,15H2;1H/t21-;/m1./s1. The highest BCUT2D eigenvalue weighted by Crippen LogP contribution is 2.28. The van der Waals surface area contributed by atoms with Gasteiger partial charge in [-0.2, -0.15) is 0 Å². The van der Waals surface area contributed by atoms with Crippen molar-refractivity contribution in [2.24, 2.45) is 0 Å². The molecule has 3 rings (SSSR count). The number of sulfone groups is 1. The Hall–Kier alpha value is -2.09. The second-order valence-electron chi connectivity index (χ2n) is 6.64. The van der Waals surface area contributed by atoms with Crippen LogP contribution in [0.3, 0.4) is 0 Å². The minimum Gasteiger partial charge on any atom is -0.507 e. The predicted octanol–water partition coefficient (Wildman–Crippen LogP) is 4.17. The smallest absolute Gasteiger partial charge is 0.210 e. The predicted molar refractivity (Wildman–Crippen MR) is 120 cm³/mol. The van der Waals surface area contributed by atoms with Gasteiger partial charge in [0.05, 0.1) is 11.0 Å². The molecule has 0 heterocycles. The topological polar surface area (TPSA) is 86.6 Å². The zero-order valence-corrected chi connectivity index (χ0v) is 18.4. The summed E-state index contributed by atoms with van der Waals surface area (Å²) in [5, 5.41) is 23.8. The van der Waals surface area contributed by atoms with Crippen LogP contribution < -0.4 is 5.32 Å². The van der Waals surface area contributed by atoms with Gasteiger partial charge in [0.25, 0.3) is 0 Å². The quantitative estimate of drug-likeness (QED) is 0.432. The van der Waals surface area contributed by atoms with Gasteiger partial charge in [-0.15, -0.1) is 12.4 Å². The van der Waals surface area contributed by atoms with E-state index in [1.54, 1.807) is 42.5 Å². The second-order valence-corrected chi connectivity index (χ2v) is 8.99. The molecule has 0 unspecified atom stereocenters. The van der Waals surface area contributed by atoms with Gasteiger partial charge in [0.1, 0.15) is 10.6 Å². The van der Waals surface area contributed by atoms with Crippen LogP contribution in [0.2, 0.25) is 5.02 Å². The first-order valence-corrected chi connectivity index (χ1v) is 11.0. The molecule has 3 N–H and O–H groups in total. The van der Waals surface area contributed by atoms with Crippen molar-refractivity contribution in [1.82, 2.24) is 5.32 Å². The van der Waals surface area contributed by atoms with Crippen LogP contribution >= 0.6 is 24.0 Å². The highest BCUT2D eigenvalue weighted by molar-refractivity contribution is 7.91. The molecular formula is C22H23Cl2NO4S. The molecule has 0 aliphatic heterocycles. The number of halogens is 2. The van der Waals surface area contributed by atoms with Crippen LogP contribution in [-0.4, -0.2) is 31.7 Å². The summed E-state index contributed by atoms with van der Waals surface area (Å²) in [6, 6.07) is 19.6. The number of phenolic OH excluding ortho intramolecular Hbond substituents is 1. The lowest BCUT2D eigenvalue weighted by Crippen LogP contribution is -2.23. The van der Waals surface area contributed by atoms with Crippen molar-refractivity contribution in [2.45, 2.75) is 22.3 Å². The second kappa shape index (κ2) is 10.8. The maximum absolute atomic E-state index is 12.7. The van der Waals surface area contributed by atoms with Crippen LogP contribution in [0.15, 0.2) is 82.6 Å². The van der Waals surface area contributed by atoms with Gasteiger partial charge in [-0.25, -0.2) is 8.42 Å². The van der Waals surface area contributed by atoms with Crippen LogP contribution in [0, 0.1) is 0 Å². The number of aromatic hydroxyl groups is 1. The summed E-state index contributed by atoms with van der Waals surface area (Å²) in [7, 11) is -3.77. The number of para-hydroxylation sites is 1. The molecule has 5 nitrogen and oxygen atoms in total. The van der Waals surface area contributed by atoms with E-state index in [1.165, 1.54) is 24.3 Å². The minimum atomic E-state index is -3.77. The van der Waals surface area contributed by atoms with Gasteiger partial charge < -0.3 is 15.5 Å². The number of nitrogens with one attached hydrogen (secondary N) is 1. The molecule has 0 saturated heterocycles. The largest absolute Gasteiger partial charge is 0.507 e. The van der Waals surface area contributed by atoms with Crippen molar-refractivity contribution in [3.8, 4) is 5.75 Å². The lowest BCUT2D eigenvalue weighted by atomic mass is 10.1. The fraction of sp³-hybridized carbons (Fsp3) is 0.182. The molecule has 3 aromatic rings. The highest BCUT2D eigenvalue weighted by Gasteiger charge is 2.20. The fourth-order valence-electron chi connectivity index (χ4n) is 2.95. The molecule has 0 bridgehead atoms. The average molecular weight is 468 g/mol. The molecule has 0 fully saturated rings. The highest BCUT2D eigenvalue weighted by atomic mass is 35.5. The van der Waals surface area contributed by atoms with Gasteiger partial charge in [-0.05, 0) is 60.5 Å². The number of rotatable bonds is 8. The molecule has 0 radical (unpaired) electrons. The van der Waals surface area contributed by atoms with Gasteiger partial charge in [-0.3, -0.25) is 0 Å². The maximum Gasteiger partial charge on any atom is 0.210 e. The van der Waals surface area contributed by atoms with E-state index in [0.29, 0.717) is 24.5 Å². The first-order chi connectivity index (χ1) is 13.9. The van der Waals surface area contributed by atoms with Crippen LogP contribution in [-0.2, 0) is 16.3 Å². The van der Waals surface area contributed by atoms with Gasteiger partial charge in [-0.1, -0.05) is 48.0 Å². The van der Waals surface area contributed by atoms with E-state index in [9.17, 15) is 18.6 Å². The monoisotopic (exact) mass is 467 g/mol. The first kappa shape index (κ1) is 24.2. The molecule has 0 amide bonds. The summed E-state index contributed by atoms with van der Waals surface area (Å²) >= 11 is 5.93. The Morgan fingerprint density at radius 2 is 1.67 bits per heavy atom. The molecular weight excluding hydrogens is 445 g/mol. The van der Waals surface area contributed by atoms with E-state index in [4.69, 9.17) is 11.6 Å². The lowest BCUT2D eigenvalue weighted by Gasteiger charge is -2.13. The van der Waals surface area contributed by atoms with Gasteiger partial charge in [0.2, 0.25) is 9.84 Å². The number of hydrogen-bond acceptors (Lipinski definition) is 5. The normalized spacial score (nSPS) is 12.2.